The van der Waals surface area contributed by atoms with Crippen LogP contribution in [0, 0.1) is 0 Å². The molecule has 51 heavy (non-hydrogen) atoms. The first-order valence-electron chi connectivity index (χ1n) is 21.2. The number of amides is 2. The van der Waals surface area contributed by atoms with Crippen LogP contribution in [0.3, 0.4) is 0 Å². The Morgan fingerprint density at radius 3 is 1.43 bits per heavy atom. The molecule has 0 aliphatic carbocycles. The van der Waals surface area contributed by atoms with Crippen LogP contribution in [0.2, 0.25) is 0 Å². The maximum absolute atomic E-state index is 13.8. The monoisotopic (exact) mass is 727 g/mol. The molecule has 5 atom stereocenters. The van der Waals surface area contributed by atoms with E-state index in [1.165, 1.54) is 109 Å². The molecule has 0 unspecified atom stereocenters. The molecule has 1 rings (SSSR count). The highest BCUT2D eigenvalue weighted by Gasteiger charge is 2.48. The van der Waals surface area contributed by atoms with Crippen molar-refractivity contribution in [2.24, 2.45) is 0 Å². The quantitative estimate of drug-likeness (QED) is 0.0416. The molecule has 0 bridgehead atoms. The number of nitrogens with zero attached hydrogens (tertiary/aromatic N) is 1. The minimum absolute atomic E-state index is 0.0761. The van der Waals surface area contributed by atoms with Gasteiger partial charge in [0.25, 0.3) is 0 Å². The molecule has 0 aromatic carbocycles. The molecule has 5 N–H and O–H groups in total. The van der Waals surface area contributed by atoms with Gasteiger partial charge < -0.3 is 35.4 Å². The number of carbonyl (C=O) groups is 3. The molecule has 1 heterocycles. The zero-order valence-corrected chi connectivity index (χ0v) is 32.7. The molecule has 0 aromatic heterocycles. The number of carboxylic acid groups (broad SMARTS) is 1. The normalized spacial score (nSPS) is 20.4. The second kappa shape index (κ2) is 31.7. The lowest BCUT2D eigenvalue weighted by molar-refractivity contribution is -0.231. The van der Waals surface area contributed by atoms with E-state index in [4.69, 9.17) is 9.84 Å². The van der Waals surface area contributed by atoms with Crippen LogP contribution in [0.1, 0.15) is 200 Å². The fraction of sp³-hybridized carbons (Fsp3) is 0.927. The Balaban J connectivity index is 2.68. The molecule has 300 valence electrons. The van der Waals surface area contributed by atoms with Crippen LogP contribution in [0.5, 0.6) is 0 Å². The lowest BCUT2D eigenvalue weighted by Gasteiger charge is -2.47. The molecule has 0 radical (unpaired) electrons. The summed E-state index contributed by atoms with van der Waals surface area (Å²) in [6, 6.07) is -1.12. The van der Waals surface area contributed by atoms with Crippen molar-refractivity contribution in [1.82, 2.24) is 10.2 Å². The molecule has 0 spiro atoms. The Morgan fingerprint density at radius 1 is 0.569 bits per heavy atom. The average Bonchev–Trinajstić information content (AvgIpc) is 3.11. The molecule has 10 heteroatoms. The maximum Gasteiger partial charge on any atom is 0.303 e. The van der Waals surface area contributed by atoms with Gasteiger partial charge in [-0.05, 0) is 19.3 Å². The van der Waals surface area contributed by atoms with E-state index < -0.39 is 49.1 Å². The first-order valence-corrected chi connectivity index (χ1v) is 21.2. The number of carbonyl (C=O) groups excluding carboxylic acids is 2. The minimum atomic E-state index is -1.47. The first kappa shape index (κ1) is 47.3. The van der Waals surface area contributed by atoms with Gasteiger partial charge in [0.05, 0.1) is 6.61 Å². The maximum atomic E-state index is 13.8. The van der Waals surface area contributed by atoms with Crippen molar-refractivity contribution < 1.29 is 39.5 Å². The number of nitrogens with one attached hydrogen (secondary N) is 1. The Kier molecular flexibility index (Phi) is 29.4. The summed E-state index contributed by atoms with van der Waals surface area (Å²) in [6.45, 7) is 4.31. The van der Waals surface area contributed by atoms with Gasteiger partial charge in [0.2, 0.25) is 11.8 Å². The van der Waals surface area contributed by atoms with Gasteiger partial charge in [-0.1, -0.05) is 162 Å². The fourth-order valence-corrected chi connectivity index (χ4v) is 7.13. The number of unbranched alkanes of at least 4 members (excludes halogenated alkanes) is 23. The molecular weight excluding hydrogens is 648 g/mol. The number of carboxylic acids is 1. The molecule has 1 aliphatic rings. The third-order valence-corrected chi connectivity index (χ3v) is 10.4. The second-order valence-electron chi connectivity index (χ2n) is 15.0. The Bertz CT molecular complexity index is 875. The summed E-state index contributed by atoms with van der Waals surface area (Å²) in [5.41, 5.74) is 0. The van der Waals surface area contributed by atoms with Crippen molar-refractivity contribution >= 4 is 17.8 Å². The van der Waals surface area contributed by atoms with Gasteiger partial charge in [-0.25, -0.2) is 0 Å². The van der Waals surface area contributed by atoms with Crippen molar-refractivity contribution in [2.75, 3.05) is 13.2 Å². The first-order chi connectivity index (χ1) is 24.8. The van der Waals surface area contributed by atoms with Crippen LogP contribution < -0.4 is 5.32 Å². The smallest absolute Gasteiger partial charge is 0.303 e. The molecule has 0 aromatic rings. The summed E-state index contributed by atoms with van der Waals surface area (Å²) in [4.78, 5) is 39.1. The number of aliphatic carboxylic acids is 1. The second-order valence-corrected chi connectivity index (χ2v) is 15.0. The highest BCUT2D eigenvalue weighted by atomic mass is 16.5. The van der Waals surface area contributed by atoms with E-state index in [9.17, 15) is 29.7 Å². The van der Waals surface area contributed by atoms with Gasteiger partial charge in [-0.15, -0.1) is 0 Å². The Morgan fingerprint density at radius 2 is 1.00 bits per heavy atom. The fourth-order valence-electron chi connectivity index (χ4n) is 7.13. The summed E-state index contributed by atoms with van der Waals surface area (Å²) in [6.07, 6.45) is 25.1. The molecule has 1 saturated heterocycles. The predicted molar refractivity (Wildman–Crippen MR) is 204 cm³/mol. The number of hydrogen-bond acceptors (Lipinski definition) is 7. The van der Waals surface area contributed by atoms with E-state index in [1.807, 2.05) is 0 Å². The van der Waals surface area contributed by atoms with Gasteiger partial charge in [0.15, 0.2) is 6.23 Å². The van der Waals surface area contributed by atoms with Gasteiger partial charge in [0, 0.05) is 25.8 Å². The van der Waals surface area contributed by atoms with Crippen LogP contribution in [-0.2, 0) is 19.1 Å². The predicted octanol–water partition coefficient (Wildman–Crippen LogP) is 8.18. The summed E-state index contributed by atoms with van der Waals surface area (Å²) < 4.78 is 6.07. The number of ether oxygens (including phenoxy) is 1. The van der Waals surface area contributed by atoms with E-state index in [-0.39, 0.29) is 25.2 Å². The molecular formula is C41H78N2O8. The summed E-state index contributed by atoms with van der Waals surface area (Å²) in [5, 5.41) is 43.3. The molecule has 0 saturated carbocycles. The van der Waals surface area contributed by atoms with E-state index in [2.05, 4.69) is 19.2 Å². The number of rotatable bonds is 34. The third-order valence-electron chi connectivity index (χ3n) is 10.4. The summed E-state index contributed by atoms with van der Waals surface area (Å²) >= 11 is 0. The summed E-state index contributed by atoms with van der Waals surface area (Å²) in [7, 11) is 0. The lowest BCUT2D eigenvalue weighted by atomic mass is 9.94. The van der Waals surface area contributed by atoms with Crippen molar-refractivity contribution in [3.63, 3.8) is 0 Å². The number of aliphatic hydroxyl groups is 3. The van der Waals surface area contributed by atoms with Crippen molar-refractivity contribution in [1.29, 1.82) is 0 Å². The number of aliphatic hydroxyl groups excluding tert-OH is 3. The minimum Gasteiger partial charge on any atom is -0.481 e. The molecule has 10 nitrogen and oxygen atoms in total. The van der Waals surface area contributed by atoms with Gasteiger partial charge in [0.1, 0.15) is 24.4 Å². The zero-order valence-electron chi connectivity index (χ0n) is 32.7. The largest absolute Gasteiger partial charge is 0.481 e. The van der Waals surface area contributed by atoms with E-state index >= 15 is 0 Å². The van der Waals surface area contributed by atoms with Crippen molar-refractivity contribution in [2.45, 2.75) is 231 Å². The standard InChI is InChI=1S/C41H78N2O8/c1-3-5-7-9-11-13-15-16-17-18-19-20-22-24-26-30-36(46)43(32-27-25-23-21-14-12-10-8-6-4-2)41-38(40(50)39(49)34(33-44)51-41)42-35(45)29-28-31-37(47)48/h34,38-41,44,49-50H,3-33H2,1-2H3,(H,42,45)(H,47,48)/t34-,38-,39+,40-,41-/m1/s1. The SMILES string of the molecule is CCCCCCCCCCCCCCCCCC(=O)N(CCCCCCCCCCCC)[C@@H]1O[C@H](CO)[C@H](O)[C@H](O)[C@H]1NC(=O)CCCC(=O)O. The van der Waals surface area contributed by atoms with Crippen LogP contribution >= 0.6 is 0 Å². The van der Waals surface area contributed by atoms with Crippen molar-refractivity contribution in [3.05, 3.63) is 0 Å². The highest BCUT2D eigenvalue weighted by Crippen LogP contribution is 2.26. The number of hydrogen-bond donors (Lipinski definition) is 5. The van der Waals surface area contributed by atoms with Crippen LogP contribution in [-0.4, -0.2) is 86.8 Å². The van der Waals surface area contributed by atoms with Crippen molar-refractivity contribution in [3.8, 4) is 0 Å². The van der Waals surface area contributed by atoms with Gasteiger partial charge >= 0.3 is 5.97 Å². The summed E-state index contributed by atoms with van der Waals surface area (Å²) in [5.74, 6) is -1.62. The van der Waals surface area contributed by atoms with E-state index in [1.54, 1.807) is 4.90 Å². The third kappa shape index (κ3) is 22.8. The van der Waals surface area contributed by atoms with E-state index in [0.29, 0.717) is 13.0 Å². The van der Waals surface area contributed by atoms with Crippen LogP contribution in [0.25, 0.3) is 0 Å². The zero-order chi connectivity index (χ0) is 37.5. The van der Waals surface area contributed by atoms with E-state index in [0.717, 1.165) is 51.4 Å². The highest BCUT2D eigenvalue weighted by molar-refractivity contribution is 5.78. The Hall–Kier alpha value is -1.75. The van der Waals surface area contributed by atoms with Gasteiger partial charge in [-0.3, -0.25) is 14.4 Å². The van der Waals surface area contributed by atoms with Crippen LogP contribution in [0.15, 0.2) is 0 Å². The molecule has 1 aliphatic heterocycles. The molecule has 1 fully saturated rings. The van der Waals surface area contributed by atoms with Gasteiger partial charge in [-0.2, -0.15) is 0 Å². The topological polar surface area (TPSA) is 157 Å². The molecule has 2 amide bonds. The lowest BCUT2D eigenvalue weighted by Crippen LogP contribution is -2.68. The Labute approximate surface area is 310 Å². The average molecular weight is 727 g/mol. The van der Waals surface area contributed by atoms with Crippen LogP contribution in [0.4, 0.5) is 0 Å².